The summed E-state index contributed by atoms with van der Waals surface area (Å²) in [6, 6.07) is 10.5. The van der Waals surface area contributed by atoms with Crippen molar-refractivity contribution in [1.82, 2.24) is 0 Å². The van der Waals surface area contributed by atoms with Gasteiger partial charge in [0.25, 0.3) is 0 Å². The molecule has 19 heavy (non-hydrogen) atoms. The van der Waals surface area contributed by atoms with E-state index in [1.54, 1.807) is 0 Å². The summed E-state index contributed by atoms with van der Waals surface area (Å²) in [5, 5.41) is 0. The molecule has 0 saturated carbocycles. The number of unbranched alkanes of at least 4 members (excludes halogenated alkanes) is 1. The van der Waals surface area contributed by atoms with Crippen molar-refractivity contribution in [2.75, 3.05) is 0 Å². The van der Waals surface area contributed by atoms with E-state index in [0.717, 1.165) is 18.8 Å². The third kappa shape index (κ3) is 6.58. The molecule has 1 aromatic carbocycles. The van der Waals surface area contributed by atoms with Gasteiger partial charge in [-0.15, -0.1) is 0 Å². The Hall–Kier alpha value is -1.08. The van der Waals surface area contributed by atoms with E-state index in [4.69, 9.17) is 5.73 Å². The van der Waals surface area contributed by atoms with E-state index < -0.39 is 0 Å². The molecule has 2 atom stereocenters. The Morgan fingerprint density at radius 3 is 2.53 bits per heavy atom. The molecule has 0 heterocycles. The van der Waals surface area contributed by atoms with Gasteiger partial charge in [0.1, 0.15) is 0 Å². The summed E-state index contributed by atoms with van der Waals surface area (Å²) in [5.41, 5.74) is 8.72. The highest BCUT2D eigenvalue weighted by molar-refractivity contribution is 5.19. The molecule has 1 nitrogen and oxygen atoms in total. The summed E-state index contributed by atoms with van der Waals surface area (Å²) in [4.78, 5) is 0. The maximum Gasteiger partial charge on any atom is 0.0291 e. The van der Waals surface area contributed by atoms with Gasteiger partial charge in [-0.25, -0.2) is 0 Å². The molecule has 1 heteroatoms. The monoisotopic (exact) mass is 259 g/mol. The van der Waals surface area contributed by atoms with Crippen LogP contribution in [-0.2, 0) is 6.42 Å². The van der Waals surface area contributed by atoms with Gasteiger partial charge in [0.05, 0.1) is 0 Å². The number of hydrogen-bond donors (Lipinski definition) is 1. The Balaban J connectivity index is 2.22. The maximum atomic E-state index is 6.22. The average molecular weight is 259 g/mol. The van der Waals surface area contributed by atoms with E-state index in [1.807, 2.05) is 6.07 Å². The molecule has 0 aliphatic rings. The van der Waals surface area contributed by atoms with Crippen molar-refractivity contribution < 1.29 is 0 Å². The standard InChI is InChI=1S/C18H29N/c1-4-15(2)10-8-9-11-16(3)18(19)14-17-12-6-5-7-13-17/h5-7,12-13,15,18H,3-4,8-11,14,19H2,1-2H3. The SMILES string of the molecule is C=C(CCCCC(C)CC)C(N)Cc1ccccc1. The summed E-state index contributed by atoms with van der Waals surface area (Å²) in [6.45, 7) is 8.76. The number of hydrogen-bond acceptors (Lipinski definition) is 1. The van der Waals surface area contributed by atoms with Crippen LogP contribution in [0.1, 0.15) is 51.5 Å². The molecule has 0 aromatic heterocycles. The van der Waals surface area contributed by atoms with Gasteiger partial charge in [-0.3, -0.25) is 0 Å². The lowest BCUT2D eigenvalue weighted by atomic mass is 9.95. The zero-order valence-corrected chi connectivity index (χ0v) is 12.6. The maximum absolute atomic E-state index is 6.22. The molecule has 1 rings (SSSR count). The van der Waals surface area contributed by atoms with Crippen LogP contribution in [0.4, 0.5) is 0 Å². The summed E-state index contributed by atoms with van der Waals surface area (Å²) in [7, 11) is 0. The second-order valence-electron chi connectivity index (χ2n) is 5.71. The lowest BCUT2D eigenvalue weighted by Crippen LogP contribution is -2.24. The van der Waals surface area contributed by atoms with E-state index in [-0.39, 0.29) is 6.04 Å². The molecule has 2 unspecified atom stereocenters. The Kier molecular flexibility index (Phi) is 7.50. The van der Waals surface area contributed by atoms with Crippen molar-refractivity contribution in [3.63, 3.8) is 0 Å². The summed E-state index contributed by atoms with van der Waals surface area (Å²) >= 11 is 0. The second kappa shape index (κ2) is 8.92. The van der Waals surface area contributed by atoms with Crippen molar-refractivity contribution >= 4 is 0 Å². The van der Waals surface area contributed by atoms with Gasteiger partial charge in [0.2, 0.25) is 0 Å². The van der Waals surface area contributed by atoms with Gasteiger partial charge in [0.15, 0.2) is 0 Å². The van der Waals surface area contributed by atoms with Gasteiger partial charge >= 0.3 is 0 Å². The predicted molar refractivity (Wildman–Crippen MR) is 85.2 cm³/mol. The highest BCUT2D eigenvalue weighted by Crippen LogP contribution is 2.17. The van der Waals surface area contributed by atoms with Crippen LogP contribution < -0.4 is 5.73 Å². The third-order valence-corrected chi connectivity index (χ3v) is 3.96. The van der Waals surface area contributed by atoms with E-state index >= 15 is 0 Å². The molecular formula is C18H29N. The minimum absolute atomic E-state index is 0.103. The molecule has 0 aliphatic carbocycles. The minimum Gasteiger partial charge on any atom is -0.324 e. The summed E-state index contributed by atoms with van der Waals surface area (Å²) < 4.78 is 0. The molecule has 0 bridgehead atoms. The van der Waals surface area contributed by atoms with Crippen molar-refractivity contribution in [2.45, 2.75) is 58.4 Å². The molecule has 0 radical (unpaired) electrons. The Labute approximate surface area is 118 Å². The number of benzene rings is 1. The molecule has 0 aliphatic heterocycles. The number of rotatable bonds is 9. The first-order valence-corrected chi connectivity index (χ1v) is 7.60. The van der Waals surface area contributed by atoms with Crippen LogP contribution in [0.5, 0.6) is 0 Å². The quantitative estimate of drug-likeness (QED) is 0.504. The Morgan fingerprint density at radius 1 is 1.21 bits per heavy atom. The van der Waals surface area contributed by atoms with Gasteiger partial charge < -0.3 is 5.73 Å². The molecular weight excluding hydrogens is 230 g/mol. The third-order valence-electron chi connectivity index (χ3n) is 3.96. The van der Waals surface area contributed by atoms with E-state index in [2.05, 4.69) is 44.7 Å². The fourth-order valence-corrected chi connectivity index (χ4v) is 2.25. The molecule has 1 aromatic rings. The normalized spacial score (nSPS) is 14.1. The zero-order valence-electron chi connectivity index (χ0n) is 12.6. The van der Waals surface area contributed by atoms with Crippen LogP contribution >= 0.6 is 0 Å². The summed E-state index contributed by atoms with van der Waals surface area (Å²) in [5.74, 6) is 0.853. The predicted octanol–water partition coefficient (Wildman–Crippen LogP) is 4.72. The van der Waals surface area contributed by atoms with Gasteiger partial charge in [-0.05, 0) is 30.7 Å². The van der Waals surface area contributed by atoms with Crippen LogP contribution in [-0.4, -0.2) is 6.04 Å². The minimum atomic E-state index is 0.103. The van der Waals surface area contributed by atoms with Crippen LogP contribution in [0.3, 0.4) is 0 Å². The van der Waals surface area contributed by atoms with E-state index in [1.165, 1.54) is 36.8 Å². The fourth-order valence-electron chi connectivity index (χ4n) is 2.25. The molecule has 0 saturated heterocycles. The molecule has 0 spiro atoms. The average Bonchev–Trinajstić information content (AvgIpc) is 2.44. The smallest absolute Gasteiger partial charge is 0.0291 e. The van der Waals surface area contributed by atoms with Crippen LogP contribution in [0, 0.1) is 5.92 Å². The topological polar surface area (TPSA) is 26.0 Å². The van der Waals surface area contributed by atoms with Crippen LogP contribution in [0.2, 0.25) is 0 Å². The lowest BCUT2D eigenvalue weighted by Gasteiger charge is -2.15. The van der Waals surface area contributed by atoms with Crippen molar-refractivity contribution in [2.24, 2.45) is 11.7 Å². The van der Waals surface area contributed by atoms with Crippen molar-refractivity contribution in [3.05, 3.63) is 48.0 Å². The Bertz CT molecular complexity index is 355. The Morgan fingerprint density at radius 2 is 1.89 bits per heavy atom. The van der Waals surface area contributed by atoms with E-state index in [0.29, 0.717) is 0 Å². The van der Waals surface area contributed by atoms with Crippen LogP contribution in [0.15, 0.2) is 42.5 Å². The highest BCUT2D eigenvalue weighted by atomic mass is 14.6. The summed E-state index contributed by atoms with van der Waals surface area (Å²) in [6.07, 6.45) is 7.12. The second-order valence-corrected chi connectivity index (χ2v) is 5.71. The van der Waals surface area contributed by atoms with Crippen LogP contribution in [0.25, 0.3) is 0 Å². The fraction of sp³-hybridized carbons (Fsp3) is 0.556. The first-order chi connectivity index (χ1) is 9.13. The van der Waals surface area contributed by atoms with Gasteiger partial charge in [-0.1, -0.05) is 75.6 Å². The molecule has 0 fully saturated rings. The van der Waals surface area contributed by atoms with Gasteiger partial charge in [0, 0.05) is 6.04 Å². The van der Waals surface area contributed by atoms with Crippen molar-refractivity contribution in [1.29, 1.82) is 0 Å². The van der Waals surface area contributed by atoms with Crippen molar-refractivity contribution in [3.8, 4) is 0 Å². The molecule has 2 N–H and O–H groups in total. The van der Waals surface area contributed by atoms with Gasteiger partial charge in [-0.2, -0.15) is 0 Å². The lowest BCUT2D eigenvalue weighted by molar-refractivity contribution is 0.482. The first kappa shape index (κ1) is 16.0. The zero-order chi connectivity index (χ0) is 14.1. The number of nitrogens with two attached hydrogens (primary N) is 1. The van der Waals surface area contributed by atoms with E-state index in [9.17, 15) is 0 Å². The first-order valence-electron chi connectivity index (χ1n) is 7.60. The highest BCUT2D eigenvalue weighted by Gasteiger charge is 2.08. The molecule has 106 valence electrons. The largest absolute Gasteiger partial charge is 0.324 e. The molecule has 0 amide bonds.